The molecule has 1 aliphatic rings. The van der Waals surface area contributed by atoms with Gasteiger partial charge in [-0.15, -0.1) is 0 Å². The third kappa shape index (κ3) is 4.86. The van der Waals surface area contributed by atoms with Crippen molar-refractivity contribution in [2.45, 2.75) is 0 Å². The van der Waals surface area contributed by atoms with Crippen molar-refractivity contribution in [3.05, 3.63) is 67.8 Å². The molecule has 0 spiro atoms. The zero-order valence-corrected chi connectivity index (χ0v) is 17.2. The fraction of sp³-hybridized carbons (Fsp3) is 0.111. The summed E-state index contributed by atoms with van der Waals surface area (Å²) in [6, 6.07) is 7.95. The largest absolute Gasteiger partial charge is 0.350 e. The fourth-order valence-electron chi connectivity index (χ4n) is 2.34. The molecule has 10 heteroatoms. The van der Waals surface area contributed by atoms with E-state index in [4.69, 9.17) is 34.8 Å². The fourth-order valence-corrected chi connectivity index (χ4v) is 3.62. The number of nitrogens with one attached hydrogen (secondary N) is 1. The monoisotopic (exact) mass is 455 g/mol. The standard InChI is InChI=1S/C18H12Cl3N3O3S/c19-12-3-1-10(7-13(12)20)8-14-17(26)24(18(27)28-14)6-5-22-16(25)11-2-4-15(21)23-9-11/h1-4,7-9H,5-6H2,(H,22,25)/b14-8-. The summed E-state index contributed by atoms with van der Waals surface area (Å²) >= 11 is 18.4. The predicted molar refractivity (Wildman–Crippen MR) is 111 cm³/mol. The van der Waals surface area contributed by atoms with Gasteiger partial charge in [-0.25, -0.2) is 4.98 Å². The lowest BCUT2D eigenvalue weighted by Crippen LogP contribution is -2.37. The van der Waals surface area contributed by atoms with Crippen molar-refractivity contribution in [1.29, 1.82) is 0 Å². The molecule has 1 aromatic heterocycles. The molecule has 0 atom stereocenters. The molecule has 3 amide bonds. The third-order valence-corrected chi connectivity index (χ3v) is 5.60. The molecule has 1 fully saturated rings. The Balaban J connectivity index is 1.60. The summed E-state index contributed by atoms with van der Waals surface area (Å²) < 4.78 is 0. The molecule has 2 heterocycles. The van der Waals surface area contributed by atoms with Gasteiger partial charge in [0.05, 0.1) is 20.5 Å². The number of halogens is 3. The Morgan fingerprint density at radius 2 is 1.93 bits per heavy atom. The van der Waals surface area contributed by atoms with Crippen molar-refractivity contribution in [3.8, 4) is 0 Å². The van der Waals surface area contributed by atoms with Crippen molar-refractivity contribution in [2.24, 2.45) is 0 Å². The predicted octanol–water partition coefficient (Wildman–Crippen LogP) is 4.51. The van der Waals surface area contributed by atoms with Crippen LogP contribution in [-0.2, 0) is 4.79 Å². The van der Waals surface area contributed by atoms with Crippen LogP contribution in [0.3, 0.4) is 0 Å². The van der Waals surface area contributed by atoms with E-state index >= 15 is 0 Å². The molecule has 0 aliphatic carbocycles. The van der Waals surface area contributed by atoms with Crippen LogP contribution in [0.2, 0.25) is 15.2 Å². The number of rotatable bonds is 5. The highest BCUT2D eigenvalue weighted by molar-refractivity contribution is 8.18. The average molecular weight is 457 g/mol. The van der Waals surface area contributed by atoms with E-state index in [9.17, 15) is 14.4 Å². The minimum Gasteiger partial charge on any atom is -0.350 e. The molecule has 0 radical (unpaired) electrons. The first-order valence-corrected chi connectivity index (χ1v) is 9.90. The van der Waals surface area contributed by atoms with E-state index < -0.39 is 11.1 Å². The SMILES string of the molecule is O=C(NCCN1C(=O)S/C(=C\c2ccc(Cl)c(Cl)c2)C1=O)c1ccc(Cl)nc1. The van der Waals surface area contributed by atoms with Crippen molar-refractivity contribution in [2.75, 3.05) is 13.1 Å². The van der Waals surface area contributed by atoms with Gasteiger partial charge in [-0.2, -0.15) is 0 Å². The Bertz CT molecular complexity index is 980. The molecule has 1 N–H and O–H groups in total. The van der Waals surface area contributed by atoms with Gasteiger partial charge in [0.2, 0.25) is 0 Å². The van der Waals surface area contributed by atoms with E-state index in [0.29, 0.717) is 21.2 Å². The lowest BCUT2D eigenvalue weighted by Gasteiger charge is -2.13. The highest BCUT2D eigenvalue weighted by Gasteiger charge is 2.34. The summed E-state index contributed by atoms with van der Waals surface area (Å²) in [5, 5.41) is 3.27. The first-order valence-electron chi connectivity index (χ1n) is 7.95. The number of aromatic nitrogens is 1. The number of hydrogen-bond acceptors (Lipinski definition) is 5. The van der Waals surface area contributed by atoms with Gasteiger partial charge >= 0.3 is 0 Å². The number of imide groups is 1. The molecule has 1 saturated heterocycles. The molecule has 0 unspecified atom stereocenters. The summed E-state index contributed by atoms with van der Waals surface area (Å²) in [4.78, 5) is 41.8. The number of thioether (sulfide) groups is 1. The zero-order chi connectivity index (χ0) is 20.3. The van der Waals surface area contributed by atoms with Gasteiger partial charge < -0.3 is 5.32 Å². The highest BCUT2D eigenvalue weighted by Crippen LogP contribution is 2.33. The summed E-state index contributed by atoms with van der Waals surface area (Å²) in [6.07, 6.45) is 2.92. The number of benzene rings is 1. The number of pyridine rings is 1. The van der Waals surface area contributed by atoms with E-state index in [1.54, 1.807) is 24.3 Å². The highest BCUT2D eigenvalue weighted by atomic mass is 35.5. The maximum Gasteiger partial charge on any atom is 0.293 e. The first kappa shape index (κ1) is 20.7. The van der Waals surface area contributed by atoms with Crippen LogP contribution in [0.4, 0.5) is 4.79 Å². The Hall–Kier alpha value is -2.06. The maximum absolute atomic E-state index is 12.5. The molecule has 0 saturated carbocycles. The summed E-state index contributed by atoms with van der Waals surface area (Å²) in [5.74, 6) is -0.800. The van der Waals surface area contributed by atoms with Crippen LogP contribution in [0.15, 0.2) is 41.4 Å². The molecule has 3 rings (SSSR count). The molecular formula is C18H12Cl3N3O3S. The Kier molecular flexibility index (Phi) is 6.61. The summed E-state index contributed by atoms with van der Waals surface area (Å²) in [5.41, 5.74) is 0.987. The van der Waals surface area contributed by atoms with E-state index in [1.165, 1.54) is 18.3 Å². The second-order valence-electron chi connectivity index (χ2n) is 5.63. The molecule has 6 nitrogen and oxygen atoms in total. The van der Waals surface area contributed by atoms with Gasteiger partial charge in [0.25, 0.3) is 17.1 Å². The summed E-state index contributed by atoms with van der Waals surface area (Å²) in [6.45, 7) is 0.162. The number of nitrogens with zero attached hydrogens (tertiary/aromatic N) is 2. The first-order chi connectivity index (χ1) is 13.3. The van der Waals surface area contributed by atoms with Crippen LogP contribution in [0.5, 0.6) is 0 Å². The van der Waals surface area contributed by atoms with Gasteiger partial charge in [-0.3, -0.25) is 19.3 Å². The lowest BCUT2D eigenvalue weighted by atomic mass is 10.2. The smallest absolute Gasteiger partial charge is 0.293 e. The van der Waals surface area contributed by atoms with Gasteiger partial charge in [-0.05, 0) is 47.7 Å². The minimum atomic E-state index is -0.427. The molecule has 1 aliphatic heterocycles. The van der Waals surface area contributed by atoms with Crippen molar-refractivity contribution in [3.63, 3.8) is 0 Å². The molecule has 2 aromatic rings. The van der Waals surface area contributed by atoms with Crippen LogP contribution >= 0.6 is 46.6 Å². The number of carbonyl (C=O) groups excluding carboxylic acids is 3. The van der Waals surface area contributed by atoms with Crippen LogP contribution in [-0.4, -0.2) is 40.0 Å². The van der Waals surface area contributed by atoms with E-state index in [1.807, 2.05) is 0 Å². The van der Waals surface area contributed by atoms with Crippen molar-refractivity contribution in [1.82, 2.24) is 15.2 Å². The topological polar surface area (TPSA) is 79.4 Å². The normalized spacial score (nSPS) is 15.4. The number of carbonyl (C=O) groups is 3. The average Bonchev–Trinajstić information content (AvgIpc) is 2.92. The number of amides is 3. The summed E-state index contributed by atoms with van der Waals surface area (Å²) in [7, 11) is 0. The third-order valence-electron chi connectivity index (χ3n) is 3.73. The van der Waals surface area contributed by atoms with E-state index in [-0.39, 0.29) is 29.1 Å². The quantitative estimate of drug-likeness (QED) is 0.529. The lowest BCUT2D eigenvalue weighted by molar-refractivity contribution is -0.122. The second kappa shape index (κ2) is 8.96. The Morgan fingerprint density at radius 1 is 1.14 bits per heavy atom. The van der Waals surface area contributed by atoms with Crippen molar-refractivity contribution >= 4 is 69.7 Å². The molecular weight excluding hydrogens is 445 g/mol. The van der Waals surface area contributed by atoms with Gasteiger partial charge in [-0.1, -0.05) is 40.9 Å². The van der Waals surface area contributed by atoms with E-state index in [2.05, 4.69) is 10.3 Å². The van der Waals surface area contributed by atoms with Crippen LogP contribution < -0.4 is 5.32 Å². The zero-order valence-electron chi connectivity index (χ0n) is 14.1. The van der Waals surface area contributed by atoms with Crippen LogP contribution in [0.25, 0.3) is 6.08 Å². The van der Waals surface area contributed by atoms with Gasteiger partial charge in [0, 0.05) is 19.3 Å². The molecule has 1 aromatic carbocycles. The number of hydrogen-bond donors (Lipinski definition) is 1. The van der Waals surface area contributed by atoms with E-state index in [0.717, 1.165) is 16.7 Å². The second-order valence-corrected chi connectivity index (χ2v) is 7.83. The minimum absolute atomic E-state index is 0.0517. The van der Waals surface area contributed by atoms with Gasteiger partial charge in [0.15, 0.2) is 0 Å². The maximum atomic E-state index is 12.5. The Labute approximate surface area is 179 Å². The van der Waals surface area contributed by atoms with Crippen LogP contribution in [0.1, 0.15) is 15.9 Å². The van der Waals surface area contributed by atoms with Crippen molar-refractivity contribution < 1.29 is 14.4 Å². The molecule has 144 valence electrons. The Morgan fingerprint density at radius 3 is 2.61 bits per heavy atom. The van der Waals surface area contributed by atoms with Gasteiger partial charge in [0.1, 0.15) is 5.15 Å². The van der Waals surface area contributed by atoms with Crippen LogP contribution in [0, 0.1) is 0 Å². The molecule has 0 bridgehead atoms. The molecule has 28 heavy (non-hydrogen) atoms.